The second kappa shape index (κ2) is 4.38. The van der Waals surface area contributed by atoms with Crippen molar-refractivity contribution in [3.05, 3.63) is 53.3 Å². The molecule has 3 aromatic rings. The number of aromatic nitrogens is 4. The van der Waals surface area contributed by atoms with Gasteiger partial charge in [0, 0.05) is 25.2 Å². The maximum atomic E-state index is 6.04. The number of rotatable bonds is 2. The summed E-state index contributed by atoms with van der Waals surface area (Å²) >= 11 is 6.04. The monoisotopic (exact) mass is 258 g/mol. The highest BCUT2D eigenvalue weighted by molar-refractivity contribution is 6.30. The number of halogens is 1. The van der Waals surface area contributed by atoms with Crippen molar-refractivity contribution in [1.29, 1.82) is 0 Å². The van der Waals surface area contributed by atoms with Crippen LogP contribution in [0.4, 0.5) is 0 Å². The Morgan fingerprint density at radius 2 is 2.11 bits per heavy atom. The first-order valence-electron chi connectivity index (χ1n) is 5.60. The Morgan fingerprint density at radius 3 is 2.89 bits per heavy atom. The Labute approximate surface area is 109 Å². The molecular formula is C13H11ClN4. The lowest BCUT2D eigenvalue weighted by Gasteiger charge is -2.03. The van der Waals surface area contributed by atoms with Gasteiger partial charge in [-0.05, 0) is 12.1 Å². The third kappa shape index (κ3) is 1.84. The van der Waals surface area contributed by atoms with E-state index in [-0.39, 0.29) is 0 Å². The van der Waals surface area contributed by atoms with Crippen molar-refractivity contribution in [2.24, 2.45) is 7.05 Å². The smallest absolute Gasteiger partial charge is 0.136 e. The Hall–Kier alpha value is -1.94. The molecule has 0 bridgehead atoms. The summed E-state index contributed by atoms with van der Waals surface area (Å²) in [5.41, 5.74) is 2.99. The summed E-state index contributed by atoms with van der Waals surface area (Å²) in [4.78, 5) is 12.6. The van der Waals surface area contributed by atoms with Gasteiger partial charge in [-0.3, -0.25) is 0 Å². The van der Waals surface area contributed by atoms with Crippen LogP contribution in [0.15, 0.2) is 36.8 Å². The Balaban J connectivity index is 2.06. The predicted molar refractivity (Wildman–Crippen MR) is 70.6 cm³/mol. The first-order valence-corrected chi connectivity index (χ1v) is 5.98. The minimum absolute atomic E-state index is 0.483. The van der Waals surface area contributed by atoms with Gasteiger partial charge in [-0.1, -0.05) is 23.7 Å². The zero-order valence-corrected chi connectivity index (χ0v) is 10.6. The minimum atomic E-state index is 0.483. The van der Waals surface area contributed by atoms with Gasteiger partial charge in [-0.15, -0.1) is 0 Å². The van der Waals surface area contributed by atoms with Crippen LogP contribution in [0.3, 0.4) is 0 Å². The van der Waals surface area contributed by atoms with Crippen LogP contribution in [0.5, 0.6) is 0 Å². The van der Waals surface area contributed by atoms with E-state index in [1.165, 1.54) is 6.33 Å². The molecule has 90 valence electrons. The molecule has 1 aromatic carbocycles. The second-order valence-electron chi connectivity index (χ2n) is 4.09. The Kier molecular flexibility index (Phi) is 2.72. The van der Waals surface area contributed by atoms with Gasteiger partial charge < -0.3 is 4.57 Å². The number of hydrogen-bond donors (Lipinski definition) is 0. The lowest BCUT2D eigenvalue weighted by atomic mass is 10.2. The predicted octanol–water partition coefficient (Wildman–Crippen LogP) is 2.61. The van der Waals surface area contributed by atoms with Crippen LogP contribution in [0.25, 0.3) is 11.0 Å². The van der Waals surface area contributed by atoms with Gasteiger partial charge in [-0.2, -0.15) is 0 Å². The zero-order chi connectivity index (χ0) is 12.5. The summed E-state index contributed by atoms with van der Waals surface area (Å²) in [5, 5.41) is 0.483. The molecule has 0 aliphatic carbocycles. The molecule has 3 rings (SSSR count). The van der Waals surface area contributed by atoms with Crippen LogP contribution < -0.4 is 0 Å². The second-order valence-corrected chi connectivity index (χ2v) is 4.45. The Bertz CT molecular complexity index is 705. The van der Waals surface area contributed by atoms with E-state index in [1.54, 1.807) is 6.20 Å². The molecule has 0 fully saturated rings. The molecule has 0 spiro atoms. The van der Waals surface area contributed by atoms with Gasteiger partial charge in [0.1, 0.15) is 17.3 Å². The van der Waals surface area contributed by atoms with Gasteiger partial charge in [-0.25, -0.2) is 15.0 Å². The fourth-order valence-corrected chi connectivity index (χ4v) is 2.15. The average Bonchev–Trinajstić information content (AvgIpc) is 2.70. The molecule has 0 N–H and O–H groups in total. The highest BCUT2D eigenvalue weighted by atomic mass is 35.5. The summed E-state index contributed by atoms with van der Waals surface area (Å²) in [6, 6.07) is 8.04. The van der Waals surface area contributed by atoms with Crippen molar-refractivity contribution in [3.8, 4) is 0 Å². The third-order valence-corrected chi connectivity index (χ3v) is 3.30. The normalized spacial score (nSPS) is 11.0. The van der Waals surface area contributed by atoms with Gasteiger partial charge in [0.05, 0.1) is 11.0 Å². The molecule has 0 amide bonds. The number of aryl methyl sites for hydroxylation is 1. The number of hydrogen-bond acceptors (Lipinski definition) is 3. The van der Waals surface area contributed by atoms with Crippen molar-refractivity contribution in [1.82, 2.24) is 19.5 Å². The fourth-order valence-electron chi connectivity index (χ4n) is 1.99. The summed E-state index contributed by atoms with van der Waals surface area (Å²) in [6.45, 7) is 0. The number of imidazole rings is 1. The summed E-state index contributed by atoms with van der Waals surface area (Å²) in [7, 11) is 2.00. The maximum absolute atomic E-state index is 6.04. The standard InChI is InChI=1S/C13H11ClN4/c1-18-11-5-3-2-4-10(11)17-12(18)6-9-7-15-8-16-13(9)14/h2-5,7-8H,6H2,1H3. The van der Waals surface area contributed by atoms with E-state index in [2.05, 4.69) is 25.6 Å². The van der Waals surface area contributed by atoms with Crippen LogP contribution in [-0.4, -0.2) is 19.5 Å². The van der Waals surface area contributed by atoms with Crippen molar-refractivity contribution >= 4 is 22.6 Å². The topological polar surface area (TPSA) is 43.6 Å². The van der Waals surface area contributed by atoms with Crippen LogP contribution in [0, 0.1) is 0 Å². The summed E-state index contributed by atoms with van der Waals surface area (Å²) < 4.78 is 2.07. The van der Waals surface area contributed by atoms with Crippen molar-refractivity contribution in [3.63, 3.8) is 0 Å². The van der Waals surface area contributed by atoms with Gasteiger partial charge in [0.15, 0.2) is 0 Å². The number of benzene rings is 1. The van der Waals surface area contributed by atoms with Crippen LogP contribution in [-0.2, 0) is 13.5 Å². The minimum Gasteiger partial charge on any atom is -0.331 e. The average molecular weight is 259 g/mol. The molecule has 0 aliphatic rings. The van der Waals surface area contributed by atoms with Gasteiger partial charge in [0.25, 0.3) is 0 Å². The molecule has 2 heterocycles. The molecule has 0 radical (unpaired) electrons. The molecule has 5 heteroatoms. The molecule has 0 atom stereocenters. The quantitative estimate of drug-likeness (QED) is 0.664. The SMILES string of the molecule is Cn1c(Cc2cncnc2Cl)nc2ccccc21. The first-order chi connectivity index (χ1) is 8.75. The maximum Gasteiger partial charge on any atom is 0.136 e. The lowest BCUT2D eigenvalue weighted by molar-refractivity contribution is 0.839. The molecule has 2 aromatic heterocycles. The van der Waals surface area contributed by atoms with Crippen molar-refractivity contribution in [2.45, 2.75) is 6.42 Å². The first kappa shape index (κ1) is 11.2. The molecule has 0 aliphatic heterocycles. The third-order valence-electron chi connectivity index (χ3n) is 2.96. The van der Waals surface area contributed by atoms with E-state index in [0.29, 0.717) is 11.6 Å². The molecule has 0 unspecified atom stereocenters. The highest BCUT2D eigenvalue weighted by Crippen LogP contribution is 2.19. The van der Waals surface area contributed by atoms with E-state index in [1.807, 2.05) is 25.2 Å². The van der Waals surface area contributed by atoms with Gasteiger partial charge >= 0.3 is 0 Å². The molecule has 0 saturated heterocycles. The van der Waals surface area contributed by atoms with Crippen LogP contribution in [0.1, 0.15) is 11.4 Å². The largest absolute Gasteiger partial charge is 0.331 e. The molecular weight excluding hydrogens is 248 g/mol. The fraction of sp³-hybridized carbons (Fsp3) is 0.154. The lowest BCUT2D eigenvalue weighted by Crippen LogP contribution is -2.00. The summed E-state index contributed by atoms with van der Waals surface area (Å²) in [6.07, 6.45) is 3.81. The molecule has 18 heavy (non-hydrogen) atoms. The number of fused-ring (bicyclic) bond motifs is 1. The Morgan fingerprint density at radius 1 is 1.28 bits per heavy atom. The summed E-state index contributed by atoms with van der Waals surface area (Å²) in [5.74, 6) is 0.952. The van der Waals surface area contributed by atoms with Crippen LogP contribution in [0.2, 0.25) is 5.15 Å². The van der Waals surface area contributed by atoms with E-state index in [0.717, 1.165) is 22.4 Å². The number of nitrogens with zero attached hydrogens (tertiary/aromatic N) is 4. The van der Waals surface area contributed by atoms with E-state index < -0.39 is 0 Å². The molecule has 4 nitrogen and oxygen atoms in total. The van der Waals surface area contributed by atoms with E-state index >= 15 is 0 Å². The van der Waals surface area contributed by atoms with Crippen molar-refractivity contribution in [2.75, 3.05) is 0 Å². The van der Waals surface area contributed by atoms with E-state index in [9.17, 15) is 0 Å². The van der Waals surface area contributed by atoms with E-state index in [4.69, 9.17) is 11.6 Å². The zero-order valence-electron chi connectivity index (χ0n) is 9.84. The molecule has 0 saturated carbocycles. The van der Waals surface area contributed by atoms with Crippen LogP contribution >= 0.6 is 11.6 Å². The highest BCUT2D eigenvalue weighted by Gasteiger charge is 2.10. The van der Waals surface area contributed by atoms with Crippen molar-refractivity contribution < 1.29 is 0 Å². The number of para-hydroxylation sites is 2. The van der Waals surface area contributed by atoms with Gasteiger partial charge in [0.2, 0.25) is 0 Å².